The van der Waals surface area contributed by atoms with Crippen molar-refractivity contribution in [2.75, 3.05) is 25.0 Å². The molecule has 0 spiro atoms. The van der Waals surface area contributed by atoms with E-state index in [4.69, 9.17) is 0 Å². The topological polar surface area (TPSA) is 61.4 Å². The molecule has 1 aromatic heterocycles. The van der Waals surface area contributed by atoms with E-state index in [-0.39, 0.29) is 24.9 Å². The quantitative estimate of drug-likeness (QED) is 0.703. The Morgan fingerprint density at radius 3 is 2.54 bits per heavy atom. The summed E-state index contributed by atoms with van der Waals surface area (Å²) in [7, 11) is 0. The average molecular weight is 410 g/mol. The van der Waals surface area contributed by atoms with Crippen molar-refractivity contribution in [3.8, 4) is 0 Å². The number of carbonyl (C=O) groups is 2. The average Bonchev–Trinajstić information content (AvgIpc) is 3.08. The first-order valence-electron chi connectivity index (χ1n) is 7.64. The van der Waals surface area contributed by atoms with Crippen LogP contribution in [-0.2, 0) is 16.1 Å². The van der Waals surface area contributed by atoms with Gasteiger partial charge in [-0.15, -0.1) is 11.3 Å². The zero-order valence-electron chi connectivity index (χ0n) is 13.4. The van der Waals surface area contributed by atoms with E-state index in [2.05, 4.69) is 26.6 Å². The SMILES string of the molecule is CCN(CC(=O)NCc1cccs1)CC(=O)Nc1ccccc1Br. The molecular weight excluding hydrogens is 390 g/mol. The summed E-state index contributed by atoms with van der Waals surface area (Å²) >= 11 is 5.00. The number of rotatable bonds is 8. The van der Waals surface area contributed by atoms with Crippen molar-refractivity contribution >= 4 is 44.8 Å². The highest BCUT2D eigenvalue weighted by atomic mass is 79.9. The van der Waals surface area contributed by atoms with E-state index in [1.54, 1.807) is 16.2 Å². The number of benzene rings is 1. The summed E-state index contributed by atoms with van der Waals surface area (Å²) in [6.07, 6.45) is 0. The number of thiophene rings is 1. The maximum Gasteiger partial charge on any atom is 0.238 e. The molecule has 0 aliphatic rings. The molecule has 2 aromatic rings. The number of hydrogen-bond donors (Lipinski definition) is 2. The smallest absolute Gasteiger partial charge is 0.238 e. The van der Waals surface area contributed by atoms with Gasteiger partial charge in [-0.1, -0.05) is 25.1 Å². The number of nitrogens with one attached hydrogen (secondary N) is 2. The van der Waals surface area contributed by atoms with Gasteiger partial charge in [0.15, 0.2) is 0 Å². The van der Waals surface area contributed by atoms with Crippen molar-refractivity contribution in [1.29, 1.82) is 0 Å². The molecule has 2 rings (SSSR count). The van der Waals surface area contributed by atoms with E-state index in [1.807, 2.05) is 48.7 Å². The van der Waals surface area contributed by atoms with E-state index in [1.165, 1.54) is 0 Å². The molecule has 24 heavy (non-hydrogen) atoms. The molecule has 0 saturated heterocycles. The number of nitrogens with zero attached hydrogens (tertiary/aromatic N) is 1. The highest BCUT2D eigenvalue weighted by Crippen LogP contribution is 2.20. The standard InChI is InChI=1S/C17H20BrN3O2S/c1-2-21(11-16(22)19-10-13-6-5-9-24-13)12-17(23)20-15-8-4-3-7-14(15)18/h3-9H,2,10-12H2,1H3,(H,19,22)(H,20,23). The molecule has 0 radical (unpaired) electrons. The minimum absolute atomic E-state index is 0.0843. The number of para-hydroxylation sites is 1. The lowest BCUT2D eigenvalue weighted by molar-refractivity contribution is -0.123. The Labute approximate surface area is 154 Å². The Bertz CT molecular complexity index is 676. The normalized spacial score (nSPS) is 10.6. The Hall–Kier alpha value is -1.70. The van der Waals surface area contributed by atoms with E-state index >= 15 is 0 Å². The Morgan fingerprint density at radius 2 is 1.88 bits per heavy atom. The van der Waals surface area contributed by atoms with Gasteiger partial charge in [-0.25, -0.2) is 0 Å². The molecule has 1 heterocycles. The fourth-order valence-electron chi connectivity index (χ4n) is 2.09. The lowest BCUT2D eigenvalue weighted by atomic mass is 10.3. The van der Waals surface area contributed by atoms with Gasteiger partial charge in [-0.3, -0.25) is 14.5 Å². The van der Waals surface area contributed by atoms with Gasteiger partial charge in [0, 0.05) is 9.35 Å². The lowest BCUT2D eigenvalue weighted by Gasteiger charge is -2.19. The Morgan fingerprint density at radius 1 is 1.12 bits per heavy atom. The van der Waals surface area contributed by atoms with E-state index in [0.717, 1.165) is 15.0 Å². The van der Waals surface area contributed by atoms with Crippen molar-refractivity contribution in [2.24, 2.45) is 0 Å². The van der Waals surface area contributed by atoms with Gasteiger partial charge in [0.25, 0.3) is 0 Å². The molecule has 0 atom stereocenters. The number of amides is 2. The van der Waals surface area contributed by atoms with Crippen LogP contribution in [0, 0.1) is 0 Å². The number of likely N-dealkylation sites (N-methyl/N-ethyl adjacent to an activating group) is 1. The van der Waals surface area contributed by atoms with Gasteiger partial charge in [-0.2, -0.15) is 0 Å². The van der Waals surface area contributed by atoms with Gasteiger partial charge in [0.05, 0.1) is 25.3 Å². The second kappa shape index (κ2) is 9.56. The fraction of sp³-hybridized carbons (Fsp3) is 0.294. The van der Waals surface area contributed by atoms with Gasteiger partial charge in [0.1, 0.15) is 0 Å². The van der Waals surface area contributed by atoms with E-state index < -0.39 is 0 Å². The minimum atomic E-state index is -0.144. The number of anilines is 1. The van der Waals surface area contributed by atoms with Crippen molar-refractivity contribution in [1.82, 2.24) is 10.2 Å². The third kappa shape index (κ3) is 6.07. The Balaban J connectivity index is 1.79. The molecular formula is C17H20BrN3O2S. The summed E-state index contributed by atoms with van der Waals surface area (Å²) < 4.78 is 0.829. The first-order valence-corrected chi connectivity index (χ1v) is 9.31. The van der Waals surface area contributed by atoms with Crippen LogP contribution in [0.1, 0.15) is 11.8 Å². The summed E-state index contributed by atoms with van der Waals surface area (Å²) in [4.78, 5) is 27.1. The molecule has 5 nitrogen and oxygen atoms in total. The van der Waals surface area contributed by atoms with Crippen LogP contribution in [0.25, 0.3) is 0 Å². The molecule has 2 amide bonds. The number of carbonyl (C=O) groups excluding carboxylic acids is 2. The maximum atomic E-state index is 12.2. The molecule has 1 aromatic carbocycles. The second-order valence-corrected chi connectivity index (χ2v) is 7.07. The highest BCUT2D eigenvalue weighted by molar-refractivity contribution is 9.10. The van der Waals surface area contributed by atoms with E-state index in [9.17, 15) is 9.59 Å². The summed E-state index contributed by atoms with van der Waals surface area (Å²) in [6, 6.07) is 11.4. The van der Waals surface area contributed by atoms with Crippen LogP contribution < -0.4 is 10.6 Å². The van der Waals surface area contributed by atoms with Crippen molar-refractivity contribution < 1.29 is 9.59 Å². The lowest BCUT2D eigenvalue weighted by Crippen LogP contribution is -2.40. The third-order valence-corrected chi connectivity index (χ3v) is 4.94. The van der Waals surface area contributed by atoms with Crippen LogP contribution >= 0.6 is 27.3 Å². The van der Waals surface area contributed by atoms with Crippen LogP contribution in [0.15, 0.2) is 46.3 Å². The molecule has 2 N–H and O–H groups in total. The number of hydrogen-bond acceptors (Lipinski definition) is 4. The molecule has 7 heteroatoms. The predicted molar refractivity (Wildman–Crippen MR) is 101 cm³/mol. The zero-order valence-corrected chi connectivity index (χ0v) is 15.8. The largest absolute Gasteiger partial charge is 0.350 e. The molecule has 0 aliphatic heterocycles. The van der Waals surface area contributed by atoms with Gasteiger partial charge >= 0.3 is 0 Å². The molecule has 0 saturated carbocycles. The first-order chi connectivity index (χ1) is 11.6. The third-order valence-electron chi connectivity index (χ3n) is 3.37. The molecule has 0 fully saturated rings. The number of halogens is 1. The fourth-order valence-corrected chi connectivity index (χ4v) is 3.12. The molecule has 128 valence electrons. The van der Waals surface area contributed by atoms with Crippen molar-refractivity contribution in [3.05, 3.63) is 51.1 Å². The molecule has 0 bridgehead atoms. The van der Waals surface area contributed by atoms with Crippen LogP contribution in [0.4, 0.5) is 5.69 Å². The zero-order chi connectivity index (χ0) is 17.4. The van der Waals surface area contributed by atoms with E-state index in [0.29, 0.717) is 13.1 Å². The highest BCUT2D eigenvalue weighted by Gasteiger charge is 2.14. The van der Waals surface area contributed by atoms with Crippen LogP contribution in [0.3, 0.4) is 0 Å². The van der Waals surface area contributed by atoms with Crippen LogP contribution in [0.5, 0.6) is 0 Å². The summed E-state index contributed by atoms with van der Waals surface area (Å²) in [5.74, 6) is -0.228. The predicted octanol–water partition coefficient (Wildman–Crippen LogP) is 3.09. The van der Waals surface area contributed by atoms with Crippen LogP contribution in [0.2, 0.25) is 0 Å². The maximum absolute atomic E-state index is 12.2. The molecule has 0 unspecified atom stereocenters. The van der Waals surface area contributed by atoms with Crippen molar-refractivity contribution in [3.63, 3.8) is 0 Å². The summed E-state index contributed by atoms with van der Waals surface area (Å²) in [5.41, 5.74) is 0.723. The van der Waals surface area contributed by atoms with Crippen molar-refractivity contribution in [2.45, 2.75) is 13.5 Å². The van der Waals surface area contributed by atoms with Gasteiger partial charge in [-0.05, 0) is 46.1 Å². The van der Waals surface area contributed by atoms with Gasteiger partial charge in [0.2, 0.25) is 11.8 Å². The second-order valence-electron chi connectivity index (χ2n) is 5.19. The monoisotopic (exact) mass is 409 g/mol. The summed E-state index contributed by atoms with van der Waals surface area (Å²) in [5, 5.41) is 7.70. The van der Waals surface area contributed by atoms with Gasteiger partial charge < -0.3 is 10.6 Å². The molecule has 0 aliphatic carbocycles. The minimum Gasteiger partial charge on any atom is -0.350 e. The first kappa shape index (κ1) is 18.6. The summed E-state index contributed by atoms with van der Waals surface area (Å²) in [6.45, 7) is 3.45. The Kier molecular flexibility index (Phi) is 7.42. The van der Waals surface area contributed by atoms with Crippen LogP contribution in [-0.4, -0.2) is 36.3 Å².